The smallest absolute Gasteiger partial charge is 0.248 e. The number of pyridine rings is 2. The number of halogens is 1. The minimum atomic E-state index is 0.0368. The van der Waals surface area contributed by atoms with Gasteiger partial charge in [-0.25, -0.2) is 4.98 Å². The molecule has 0 aliphatic carbocycles. The van der Waals surface area contributed by atoms with Gasteiger partial charge in [-0.1, -0.05) is 17.7 Å². The van der Waals surface area contributed by atoms with E-state index in [9.17, 15) is 4.79 Å². The molecule has 6 nitrogen and oxygen atoms in total. The number of nitrogens with zero attached hydrogens (tertiary/aromatic N) is 4. The Kier molecular flexibility index (Phi) is 5.09. The number of rotatable bonds is 4. The summed E-state index contributed by atoms with van der Waals surface area (Å²) in [5.41, 5.74) is 3.58. The zero-order chi connectivity index (χ0) is 18.8. The number of ether oxygens (including phenoxy) is 1. The molecule has 0 spiro atoms. The molecule has 0 aromatic carbocycles. The molecule has 0 saturated carbocycles. The van der Waals surface area contributed by atoms with Gasteiger partial charge in [-0.05, 0) is 37.1 Å². The molecule has 1 aliphatic rings. The van der Waals surface area contributed by atoms with Crippen LogP contribution < -0.4 is 0 Å². The second-order valence-corrected chi connectivity index (χ2v) is 7.22. The Hall–Kier alpha value is -2.44. The summed E-state index contributed by atoms with van der Waals surface area (Å²) < 4.78 is 6.94. The highest BCUT2D eigenvalue weighted by Crippen LogP contribution is 2.28. The van der Waals surface area contributed by atoms with Gasteiger partial charge >= 0.3 is 0 Å². The summed E-state index contributed by atoms with van der Waals surface area (Å²) in [6.45, 7) is 1.59. The summed E-state index contributed by atoms with van der Waals surface area (Å²) in [5, 5.41) is 0.650. The Morgan fingerprint density at radius 1 is 1.33 bits per heavy atom. The van der Waals surface area contributed by atoms with Crippen molar-refractivity contribution in [3.63, 3.8) is 0 Å². The maximum Gasteiger partial charge on any atom is 0.248 e. The zero-order valence-electron chi connectivity index (χ0n) is 15.1. The van der Waals surface area contributed by atoms with Crippen LogP contribution in [-0.4, -0.2) is 52.0 Å². The molecule has 140 valence electrons. The SMILES string of the molecule is COCC(=O)N1CCC[C@H](c2cccc(-c3cnc4ccc(Cl)cn34)n2)C1. The summed E-state index contributed by atoms with van der Waals surface area (Å²) in [6, 6.07) is 9.73. The van der Waals surface area contributed by atoms with E-state index in [0.29, 0.717) is 11.6 Å². The van der Waals surface area contributed by atoms with Gasteiger partial charge in [0.1, 0.15) is 12.3 Å². The molecule has 0 radical (unpaired) electrons. The van der Waals surface area contributed by atoms with Crippen molar-refractivity contribution in [2.45, 2.75) is 18.8 Å². The topological polar surface area (TPSA) is 59.7 Å². The molecule has 3 aromatic rings. The third-order valence-corrected chi connectivity index (χ3v) is 5.19. The molecule has 7 heteroatoms. The van der Waals surface area contributed by atoms with Crippen LogP contribution in [0.25, 0.3) is 17.0 Å². The van der Waals surface area contributed by atoms with E-state index in [4.69, 9.17) is 21.3 Å². The van der Waals surface area contributed by atoms with Crippen molar-refractivity contribution in [1.29, 1.82) is 0 Å². The molecule has 1 aliphatic heterocycles. The lowest BCUT2D eigenvalue weighted by Crippen LogP contribution is -2.41. The predicted molar refractivity (Wildman–Crippen MR) is 104 cm³/mol. The van der Waals surface area contributed by atoms with Crippen molar-refractivity contribution in [1.82, 2.24) is 19.3 Å². The number of methoxy groups -OCH3 is 1. The van der Waals surface area contributed by atoms with Gasteiger partial charge in [0, 0.05) is 38.0 Å². The molecule has 4 heterocycles. The van der Waals surface area contributed by atoms with Crippen molar-refractivity contribution in [2.24, 2.45) is 0 Å². The van der Waals surface area contributed by atoms with Gasteiger partial charge in [-0.15, -0.1) is 0 Å². The van der Waals surface area contributed by atoms with E-state index < -0.39 is 0 Å². The summed E-state index contributed by atoms with van der Waals surface area (Å²) in [7, 11) is 1.55. The number of piperidine rings is 1. The Morgan fingerprint density at radius 3 is 3.07 bits per heavy atom. The highest BCUT2D eigenvalue weighted by atomic mass is 35.5. The van der Waals surface area contributed by atoms with E-state index >= 15 is 0 Å². The zero-order valence-corrected chi connectivity index (χ0v) is 15.9. The lowest BCUT2D eigenvalue weighted by atomic mass is 9.94. The number of fused-ring (bicyclic) bond motifs is 1. The van der Waals surface area contributed by atoms with Gasteiger partial charge in [0.05, 0.1) is 22.6 Å². The minimum Gasteiger partial charge on any atom is -0.375 e. The third kappa shape index (κ3) is 3.68. The van der Waals surface area contributed by atoms with Crippen LogP contribution in [0.4, 0.5) is 0 Å². The van der Waals surface area contributed by atoms with E-state index in [2.05, 4.69) is 4.98 Å². The van der Waals surface area contributed by atoms with Gasteiger partial charge < -0.3 is 9.64 Å². The second kappa shape index (κ2) is 7.66. The van der Waals surface area contributed by atoms with Crippen molar-refractivity contribution in [2.75, 3.05) is 26.8 Å². The van der Waals surface area contributed by atoms with Crippen LogP contribution in [0.15, 0.2) is 42.7 Å². The van der Waals surface area contributed by atoms with Gasteiger partial charge in [0.2, 0.25) is 5.91 Å². The van der Waals surface area contributed by atoms with E-state index in [1.807, 2.05) is 52.0 Å². The fourth-order valence-corrected chi connectivity index (χ4v) is 3.79. The van der Waals surface area contributed by atoms with Gasteiger partial charge in [0.25, 0.3) is 0 Å². The van der Waals surface area contributed by atoms with Crippen LogP contribution in [0.2, 0.25) is 5.02 Å². The highest BCUT2D eigenvalue weighted by molar-refractivity contribution is 6.30. The normalized spacial score (nSPS) is 17.4. The summed E-state index contributed by atoms with van der Waals surface area (Å²) in [5.74, 6) is 0.261. The molecule has 1 fully saturated rings. The Balaban J connectivity index is 1.62. The Morgan fingerprint density at radius 2 is 2.22 bits per heavy atom. The third-order valence-electron chi connectivity index (χ3n) is 4.96. The molecule has 1 atom stereocenters. The van der Waals surface area contributed by atoms with Crippen LogP contribution in [-0.2, 0) is 9.53 Å². The first-order chi connectivity index (χ1) is 13.2. The number of carbonyl (C=O) groups excluding carboxylic acids is 1. The fourth-order valence-electron chi connectivity index (χ4n) is 3.63. The number of hydrogen-bond donors (Lipinski definition) is 0. The lowest BCUT2D eigenvalue weighted by Gasteiger charge is -2.32. The Labute approximate surface area is 162 Å². The molecular weight excluding hydrogens is 364 g/mol. The molecule has 1 saturated heterocycles. The quantitative estimate of drug-likeness (QED) is 0.691. The number of hydrogen-bond acceptors (Lipinski definition) is 4. The summed E-state index contributed by atoms with van der Waals surface area (Å²) in [6.07, 6.45) is 5.65. The molecule has 0 N–H and O–H groups in total. The molecule has 0 bridgehead atoms. The minimum absolute atomic E-state index is 0.0368. The van der Waals surface area contributed by atoms with Crippen LogP contribution >= 0.6 is 11.6 Å². The van der Waals surface area contributed by atoms with Crippen molar-refractivity contribution in [3.8, 4) is 11.4 Å². The summed E-state index contributed by atoms with van der Waals surface area (Å²) in [4.78, 5) is 23.4. The van der Waals surface area contributed by atoms with Crippen LogP contribution in [0.3, 0.4) is 0 Å². The first-order valence-corrected chi connectivity index (χ1v) is 9.40. The van der Waals surface area contributed by atoms with Crippen molar-refractivity contribution < 1.29 is 9.53 Å². The number of likely N-dealkylation sites (tertiary alicyclic amines) is 1. The van der Waals surface area contributed by atoms with Gasteiger partial charge in [-0.2, -0.15) is 0 Å². The first-order valence-electron chi connectivity index (χ1n) is 9.02. The molecular formula is C20H21ClN4O2. The monoisotopic (exact) mass is 384 g/mol. The average Bonchev–Trinajstić information content (AvgIpc) is 3.11. The Bertz CT molecular complexity index is 972. The fraction of sp³-hybridized carbons (Fsp3) is 0.350. The van der Waals surface area contributed by atoms with E-state index in [1.165, 1.54) is 0 Å². The molecule has 27 heavy (non-hydrogen) atoms. The number of amides is 1. The molecule has 4 rings (SSSR count). The molecule has 0 unspecified atom stereocenters. The number of aromatic nitrogens is 3. The van der Waals surface area contributed by atoms with Gasteiger partial charge in [0.15, 0.2) is 0 Å². The van der Waals surface area contributed by atoms with Gasteiger partial charge in [-0.3, -0.25) is 14.2 Å². The van der Waals surface area contributed by atoms with Crippen LogP contribution in [0.5, 0.6) is 0 Å². The lowest BCUT2D eigenvalue weighted by molar-refractivity contribution is -0.136. The second-order valence-electron chi connectivity index (χ2n) is 6.78. The van der Waals surface area contributed by atoms with E-state index in [-0.39, 0.29) is 18.4 Å². The maximum atomic E-state index is 12.2. The highest BCUT2D eigenvalue weighted by Gasteiger charge is 2.25. The van der Waals surface area contributed by atoms with Crippen LogP contribution in [0.1, 0.15) is 24.5 Å². The predicted octanol–water partition coefficient (Wildman–Crippen LogP) is 3.40. The van der Waals surface area contributed by atoms with E-state index in [0.717, 1.165) is 42.1 Å². The number of imidazole rings is 1. The maximum absolute atomic E-state index is 12.2. The summed E-state index contributed by atoms with van der Waals surface area (Å²) >= 11 is 6.14. The standard InChI is InChI=1S/C20H21ClN4O2/c1-27-13-20(26)24-9-3-4-14(11-24)16-5-2-6-17(23-16)18-10-22-19-8-7-15(21)12-25(18)19/h2,5-8,10,12,14H,3-4,9,11,13H2,1H3/t14-/m0/s1. The molecule has 3 aromatic heterocycles. The van der Waals surface area contributed by atoms with Crippen molar-refractivity contribution >= 4 is 23.2 Å². The largest absolute Gasteiger partial charge is 0.375 e. The van der Waals surface area contributed by atoms with E-state index in [1.54, 1.807) is 7.11 Å². The van der Waals surface area contributed by atoms with Crippen molar-refractivity contribution in [3.05, 3.63) is 53.4 Å². The number of carbonyl (C=O) groups is 1. The van der Waals surface area contributed by atoms with Crippen LogP contribution in [0, 0.1) is 0 Å². The average molecular weight is 385 g/mol. The molecule has 1 amide bonds. The first kappa shape index (κ1) is 17.9.